The number of piperazine rings is 1. The number of aryl methyl sites for hydroxylation is 1. The molecule has 0 radical (unpaired) electrons. The van der Waals surface area contributed by atoms with Crippen LogP contribution in [0.4, 0.5) is 4.79 Å². The third-order valence-corrected chi connectivity index (χ3v) is 5.72. The van der Waals surface area contributed by atoms with Gasteiger partial charge < -0.3 is 29.4 Å². The van der Waals surface area contributed by atoms with E-state index in [1.54, 1.807) is 26.4 Å². The maximum absolute atomic E-state index is 12.6. The standard InChI is InChI=1S/C24H27N3O5/c1-4-17-18-13-16(23(28)32-24(29)27-11-9-25-10-12-27)5-7-19(18)26-22(17)15-6-8-20(30-2)21(14-15)31-3/h5-8,13-14,25-26H,4,9-12H2,1-3H3. The molecule has 1 aliphatic heterocycles. The number of nitrogens with one attached hydrogen (secondary N) is 2. The second-order valence-electron chi connectivity index (χ2n) is 7.55. The largest absolute Gasteiger partial charge is 0.493 e. The quantitative estimate of drug-likeness (QED) is 0.468. The van der Waals surface area contributed by atoms with Crippen molar-refractivity contribution in [3.05, 3.63) is 47.5 Å². The molecule has 0 spiro atoms. The first-order valence-corrected chi connectivity index (χ1v) is 10.6. The van der Waals surface area contributed by atoms with Crippen molar-refractivity contribution in [1.82, 2.24) is 15.2 Å². The van der Waals surface area contributed by atoms with Gasteiger partial charge in [0.2, 0.25) is 0 Å². The van der Waals surface area contributed by atoms with Gasteiger partial charge in [-0.3, -0.25) is 0 Å². The number of H-pyrrole nitrogens is 1. The van der Waals surface area contributed by atoms with E-state index in [2.05, 4.69) is 17.2 Å². The maximum atomic E-state index is 12.6. The Morgan fingerprint density at radius 1 is 1.00 bits per heavy atom. The molecule has 168 valence electrons. The van der Waals surface area contributed by atoms with Crippen LogP contribution in [-0.4, -0.2) is 62.3 Å². The Morgan fingerprint density at radius 2 is 1.75 bits per heavy atom. The summed E-state index contributed by atoms with van der Waals surface area (Å²) in [5.41, 5.74) is 4.21. The topological polar surface area (TPSA) is 92.9 Å². The molecule has 4 rings (SSSR count). The van der Waals surface area contributed by atoms with E-state index in [1.165, 1.54) is 4.90 Å². The first kappa shape index (κ1) is 21.7. The molecule has 1 fully saturated rings. The summed E-state index contributed by atoms with van der Waals surface area (Å²) in [6.45, 7) is 4.50. The molecule has 2 N–H and O–H groups in total. The van der Waals surface area contributed by atoms with E-state index in [-0.39, 0.29) is 0 Å². The van der Waals surface area contributed by atoms with E-state index < -0.39 is 12.1 Å². The second-order valence-corrected chi connectivity index (χ2v) is 7.55. The Bertz CT molecular complexity index is 1150. The predicted molar refractivity (Wildman–Crippen MR) is 121 cm³/mol. The van der Waals surface area contributed by atoms with Gasteiger partial charge in [0, 0.05) is 48.3 Å². The van der Waals surface area contributed by atoms with Crippen molar-refractivity contribution in [2.45, 2.75) is 13.3 Å². The molecule has 1 aliphatic rings. The second kappa shape index (κ2) is 9.32. The summed E-state index contributed by atoms with van der Waals surface area (Å²) in [4.78, 5) is 29.9. The van der Waals surface area contributed by atoms with E-state index >= 15 is 0 Å². The molecule has 1 aromatic heterocycles. The minimum Gasteiger partial charge on any atom is -0.493 e. The van der Waals surface area contributed by atoms with Crippen molar-refractivity contribution in [2.75, 3.05) is 40.4 Å². The Kier molecular flexibility index (Phi) is 6.32. The van der Waals surface area contributed by atoms with Crippen LogP contribution >= 0.6 is 0 Å². The summed E-state index contributed by atoms with van der Waals surface area (Å²) < 4.78 is 15.9. The molecule has 8 heteroatoms. The van der Waals surface area contributed by atoms with Crippen LogP contribution in [-0.2, 0) is 11.2 Å². The number of esters is 1. The molecule has 2 aromatic carbocycles. The first-order valence-electron chi connectivity index (χ1n) is 10.6. The number of amides is 1. The first-order chi connectivity index (χ1) is 15.5. The van der Waals surface area contributed by atoms with E-state index in [4.69, 9.17) is 14.2 Å². The van der Waals surface area contributed by atoms with Gasteiger partial charge >= 0.3 is 12.1 Å². The highest BCUT2D eigenvalue weighted by molar-refractivity contribution is 6.01. The molecular formula is C24H27N3O5. The summed E-state index contributed by atoms with van der Waals surface area (Å²) in [7, 11) is 3.21. The number of methoxy groups -OCH3 is 2. The molecular weight excluding hydrogens is 410 g/mol. The van der Waals surface area contributed by atoms with E-state index in [1.807, 2.05) is 24.3 Å². The van der Waals surface area contributed by atoms with Gasteiger partial charge in [0.15, 0.2) is 11.5 Å². The molecule has 0 unspecified atom stereocenters. The summed E-state index contributed by atoms with van der Waals surface area (Å²) >= 11 is 0. The highest BCUT2D eigenvalue weighted by Crippen LogP contribution is 2.36. The normalized spacial score (nSPS) is 13.8. The van der Waals surface area contributed by atoms with Gasteiger partial charge in [0.05, 0.1) is 19.8 Å². The average Bonchev–Trinajstić information content (AvgIpc) is 3.21. The highest BCUT2D eigenvalue weighted by Gasteiger charge is 2.22. The number of aromatic nitrogens is 1. The van der Waals surface area contributed by atoms with Crippen molar-refractivity contribution in [2.24, 2.45) is 0 Å². The van der Waals surface area contributed by atoms with Crippen LogP contribution in [0.3, 0.4) is 0 Å². The van der Waals surface area contributed by atoms with Gasteiger partial charge in [-0.2, -0.15) is 0 Å². The molecule has 0 atom stereocenters. The predicted octanol–water partition coefficient (Wildman–Crippen LogP) is 3.60. The zero-order chi connectivity index (χ0) is 22.7. The number of ether oxygens (including phenoxy) is 3. The van der Waals surface area contributed by atoms with Crippen LogP contribution in [0.15, 0.2) is 36.4 Å². The number of rotatable bonds is 5. The fourth-order valence-electron chi connectivity index (χ4n) is 4.03. The van der Waals surface area contributed by atoms with Crippen LogP contribution in [0.5, 0.6) is 11.5 Å². The summed E-state index contributed by atoms with van der Waals surface area (Å²) in [6, 6.07) is 11.0. The number of hydrogen-bond donors (Lipinski definition) is 2. The van der Waals surface area contributed by atoms with Crippen molar-refractivity contribution in [3.8, 4) is 22.8 Å². The van der Waals surface area contributed by atoms with Crippen molar-refractivity contribution >= 4 is 23.0 Å². The number of nitrogens with zero attached hydrogens (tertiary/aromatic N) is 1. The highest BCUT2D eigenvalue weighted by atomic mass is 16.6. The smallest absolute Gasteiger partial charge is 0.417 e. The number of benzene rings is 2. The zero-order valence-electron chi connectivity index (χ0n) is 18.5. The summed E-state index contributed by atoms with van der Waals surface area (Å²) in [5.74, 6) is 0.650. The van der Waals surface area contributed by atoms with Crippen LogP contribution in [0.25, 0.3) is 22.2 Å². The van der Waals surface area contributed by atoms with Crippen LogP contribution in [0.2, 0.25) is 0 Å². The monoisotopic (exact) mass is 437 g/mol. The lowest BCUT2D eigenvalue weighted by atomic mass is 10.0. The Morgan fingerprint density at radius 3 is 2.44 bits per heavy atom. The maximum Gasteiger partial charge on any atom is 0.417 e. The van der Waals surface area contributed by atoms with Crippen LogP contribution in [0, 0.1) is 0 Å². The van der Waals surface area contributed by atoms with Gasteiger partial charge in [0.1, 0.15) is 0 Å². The lowest BCUT2D eigenvalue weighted by Gasteiger charge is -2.25. The van der Waals surface area contributed by atoms with Gasteiger partial charge in [-0.05, 0) is 48.4 Å². The number of aromatic amines is 1. The van der Waals surface area contributed by atoms with Crippen molar-refractivity contribution in [1.29, 1.82) is 0 Å². The molecule has 1 saturated heterocycles. The van der Waals surface area contributed by atoms with Gasteiger partial charge in [-0.1, -0.05) is 6.92 Å². The Labute approximate surface area is 186 Å². The van der Waals surface area contributed by atoms with Gasteiger partial charge in [-0.25, -0.2) is 9.59 Å². The van der Waals surface area contributed by atoms with Crippen molar-refractivity contribution < 1.29 is 23.8 Å². The number of fused-ring (bicyclic) bond motifs is 1. The Hall–Kier alpha value is -3.52. The molecule has 8 nitrogen and oxygen atoms in total. The third-order valence-electron chi connectivity index (χ3n) is 5.72. The summed E-state index contributed by atoms with van der Waals surface area (Å²) in [6.07, 6.45) is 0.148. The van der Waals surface area contributed by atoms with Crippen molar-refractivity contribution in [3.63, 3.8) is 0 Å². The zero-order valence-corrected chi connectivity index (χ0v) is 18.5. The van der Waals surface area contributed by atoms with E-state index in [9.17, 15) is 9.59 Å². The Balaban J connectivity index is 1.64. The number of hydrogen-bond acceptors (Lipinski definition) is 6. The van der Waals surface area contributed by atoms with Crippen LogP contribution in [0.1, 0.15) is 22.8 Å². The molecule has 0 aliphatic carbocycles. The molecule has 0 saturated carbocycles. The SMILES string of the molecule is CCc1c(-c2ccc(OC)c(OC)c2)[nH]c2ccc(C(=O)OC(=O)N3CCNCC3)cc12. The molecule has 32 heavy (non-hydrogen) atoms. The molecule has 3 aromatic rings. The summed E-state index contributed by atoms with van der Waals surface area (Å²) in [5, 5.41) is 4.08. The van der Waals surface area contributed by atoms with Gasteiger partial charge in [-0.15, -0.1) is 0 Å². The lowest BCUT2D eigenvalue weighted by Crippen LogP contribution is -2.47. The van der Waals surface area contributed by atoms with E-state index in [0.29, 0.717) is 43.2 Å². The molecule has 0 bridgehead atoms. The molecule has 1 amide bonds. The fourth-order valence-corrected chi connectivity index (χ4v) is 4.03. The van der Waals surface area contributed by atoms with Gasteiger partial charge in [0.25, 0.3) is 0 Å². The van der Waals surface area contributed by atoms with Crippen LogP contribution < -0.4 is 14.8 Å². The number of carbonyl (C=O) groups is 2. The lowest BCUT2D eigenvalue weighted by molar-refractivity contribution is 0.0533. The third kappa shape index (κ3) is 4.13. The number of carbonyl (C=O) groups excluding carboxylic acids is 2. The minimum atomic E-state index is -0.647. The fraction of sp³-hybridized carbons (Fsp3) is 0.333. The minimum absolute atomic E-state index is 0.341. The molecule has 2 heterocycles. The van der Waals surface area contributed by atoms with E-state index in [0.717, 1.165) is 34.1 Å². The average molecular weight is 437 g/mol.